The number of rotatable bonds is 5. The molecule has 0 aliphatic carbocycles. The zero-order valence-electron chi connectivity index (χ0n) is 9.41. The summed E-state index contributed by atoms with van der Waals surface area (Å²) in [5.74, 6) is -0.399. The summed E-state index contributed by atoms with van der Waals surface area (Å²) < 4.78 is 48.7. The molecule has 0 spiro atoms. The van der Waals surface area contributed by atoms with Crippen LogP contribution in [0.1, 0.15) is 0 Å². The number of aromatic nitrogens is 2. The fourth-order valence-corrected chi connectivity index (χ4v) is 3.06. The molecule has 0 unspecified atom stereocenters. The standard InChI is InChI=1S/C7H14N4O4S2/c1-11-5-9-6(8)7(11)17(14,15)10-3-4-16(2,12)13/h5,10H,3-4,8H2,1-2H3. The lowest BCUT2D eigenvalue weighted by Crippen LogP contribution is -2.30. The average molecular weight is 282 g/mol. The molecule has 0 aliphatic rings. The van der Waals surface area contributed by atoms with Crippen LogP contribution in [0.5, 0.6) is 0 Å². The fourth-order valence-electron chi connectivity index (χ4n) is 1.19. The molecule has 17 heavy (non-hydrogen) atoms. The highest BCUT2D eigenvalue weighted by Crippen LogP contribution is 2.14. The Hall–Kier alpha value is -1.13. The van der Waals surface area contributed by atoms with Gasteiger partial charge in [0.2, 0.25) is 0 Å². The van der Waals surface area contributed by atoms with Gasteiger partial charge in [0, 0.05) is 19.8 Å². The van der Waals surface area contributed by atoms with E-state index >= 15 is 0 Å². The number of nitrogens with zero attached hydrogens (tertiary/aromatic N) is 2. The van der Waals surface area contributed by atoms with E-state index in [1.807, 2.05) is 0 Å². The molecule has 0 aromatic carbocycles. The van der Waals surface area contributed by atoms with Crippen LogP contribution in [0.3, 0.4) is 0 Å². The summed E-state index contributed by atoms with van der Waals surface area (Å²) in [4.78, 5) is 3.64. The minimum absolute atomic E-state index is 0.126. The van der Waals surface area contributed by atoms with Crippen LogP contribution < -0.4 is 10.5 Å². The van der Waals surface area contributed by atoms with Gasteiger partial charge in [-0.15, -0.1) is 0 Å². The van der Waals surface area contributed by atoms with Crippen molar-refractivity contribution >= 4 is 25.7 Å². The second-order valence-corrected chi connectivity index (χ2v) is 7.52. The molecule has 1 aromatic rings. The van der Waals surface area contributed by atoms with Crippen molar-refractivity contribution in [2.75, 3.05) is 24.3 Å². The molecule has 0 fully saturated rings. The summed E-state index contributed by atoms with van der Waals surface area (Å²) in [6, 6.07) is 0. The van der Waals surface area contributed by atoms with Gasteiger partial charge in [0.05, 0.1) is 12.1 Å². The number of nitrogens with one attached hydrogen (secondary N) is 1. The van der Waals surface area contributed by atoms with E-state index in [1.54, 1.807) is 0 Å². The van der Waals surface area contributed by atoms with Gasteiger partial charge < -0.3 is 10.3 Å². The van der Waals surface area contributed by atoms with Gasteiger partial charge >= 0.3 is 0 Å². The first kappa shape index (κ1) is 13.9. The van der Waals surface area contributed by atoms with E-state index in [4.69, 9.17) is 5.73 Å². The number of sulfone groups is 1. The van der Waals surface area contributed by atoms with Gasteiger partial charge in [0.1, 0.15) is 9.84 Å². The van der Waals surface area contributed by atoms with Crippen molar-refractivity contribution < 1.29 is 16.8 Å². The van der Waals surface area contributed by atoms with Gasteiger partial charge in [-0.1, -0.05) is 0 Å². The predicted octanol–water partition coefficient (Wildman–Crippen LogP) is -1.67. The van der Waals surface area contributed by atoms with E-state index < -0.39 is 19.9 Å². The third-order valence-electron chi connectivity index (χ3n) is 1.93. The zero-order valence-corrected chi connectivity index (χ0v) is 11.0. The van der Waals surface area contributed by atoms with Crippen molar-refractivity contribution in [3.63, 3.8) is 0 Å². The molecule has 0 amide bonds. The Kier molecular flexibility index (Phi) is 3.79. The van der Waals surface area contributed by atoms with Crippen LogP contribution in [-0.2, 0) is 26.9 Å². The number of imidazole rings is 1. The predicted molar refractivity (Wildman–Crippen MR) is 62.5 cm³/mol. The lowest BCUT2D eigenvalue weighted by atomic mass is 10.8. The average Bonchev–Trinajstić information content (AvgIpc) is 2.43. The Morgan fingerprint density at radius 1 is 1.41 bits per heavy atom. The van der Waals surface area contributed by atoms with Crippen LogP contribution in [0.25, 0.3) is 0 Å². The third-order valence-corrected chi connectivity index (χ3v) is 4.47. The lowest BCUT2D eigenvalue weighted by molar-refractivity contribution is 0.573. The van der Waals surface area contributed by atoms with Crippen LogP contribution in [0, 0.1) is 0 Å². The fraction of sp³-hybridized carbons (Fsp3) is 0.571. The van der Waals surface area contributed by atoms with E-state index in [-0.39, 0.29) is 23.1 Å². The molecule has 0 radical (unpaired) electrons. The summed E-state index contributed by atoms with van der Waals surface area (Å²) >= 11 is 0. The number of hydrogen-bond donors (Lipinski definition) is 2. The van der Waals surface area contributed by atoms with Crippen molar-refractivity contribution in [3.8, 4) is 0 Å². The maximum Gasteiger partial charge on any atom is 0.260 e. The van der Waals surface area contributed by atoms with E-state index in [0.29, 0.717) is 0 Å². The number of sulfonamides is 1. The van der Waals surface area contributed by atoms with Gasteiger partial charge in [-0.05, 0) is 0 Å². The molecular formula is C7H14N4O4S2. The monoisotopic (exact) mass is 282 g/mol. The molecule has 0 saturated heterocycles. The molecule has 3 N–H and O–H groups in total. The first-order chi connectivity index (χ1) is 7.63. The molecule has 98 valence electrons. The second-order valence-electron chi connectivity index (χ2n) is 3.57. The van der Waals surface area contributed by atoms with Gasteiger partial charge in [0.25, 0.3) is 10.0 Å². The van der Waals surface area contributed by atoms with Crippen molar-refractivity contribution in [1.82, 2.24) is 14.3 Å². The second kappa shape index (κ2) is 4.63. The first-order valence-corrected chi connectivity index (χ1v) is 8.12. The number of aryl methyl sites for hydroxylation is 1. The summed E-state index contributed by atoms with van der Waals surface area (Å²) in [7, 11) is -5.58. The summed E-state index contributed by atoms with van der Waals surface area (Å²) in [6.45, 7) is -0.203. The van der Waals surface area contributed by atoms with Crippen molar-refractivity contribution in [3.05, 3.63) is 6.33 Å². The Morgan fingerprint density at radius 3 is 2.41 bits per heavy atom. The van der Waals surface area contributed by atoms with Gasteiger partial charge in [-0.2, -0.15) is 0 Å². The molecule has 0 atom stereocenters. The Bertz CT molecular complexity index is 582. The summed E-state index contributed by atoms with van der Waals surface area (Å²) in [5.41, 5.74) is 5.42. The number of nitrogens with two attached hydrogens (primary N) is 1. The van der Waals surface area contributed by atoms with Crippen molar-refractivity contribution in [1.29, 1.82) is 0 Å². The van der Waals surface area contributed by atoms with E-state index in [2.05, 4.69) is 9.71 Å². The van der Waals surface area contributed by atoms with E-state index in [1.165, 1.54) is 17.9 Å². The smallest absolute Gasteiger partial charge is 0.260 e. The van der Waals surface area contributed by atoms with Crippen LogP contribution in [-0.4, -0.2) is 44.9 Å². The lowest BCUT2D eigenvalue weighted by Gasteiger charge is -2.07. The molecule has 1 rings (SSSR count). The van der Waals surface area contributed by atoms with Gasteiger partial charge in [-0.3, -0.25) is 0 Å². The summed E-state index contributed by atoms with van der Waals surface area (Å²) in [5, 5.41) is -0.175. The zero-order chi connectivity index (χ0) is 13.3. The topological polar surface area (TPSA) is 124 Å². The van der Waals surface area contributed by atoms with Crippen molar-refractivity contribution in [2.45, 2.75) is 5.03 Å². The van der Waals surface area contributed by atoms with Crippen LogP contribution >= 0.6 is 0 Å². The molecule has 1 aromatic heterocycles. The maximum absolute atomic E-state index is 11.8. The van der Waals surface area contributed by atoms with E-state index in [9.17, 15) is 16.8 Å². The minimum atomic E-state index is -3.84. The number of anilines is 1. The minimum Gasteiger partial charge on any atom is -0.381 e. The molecule has 8 nitrogen and oxygen atoms in total. The Labute approximate surface area is 99.8 Å². The molecule has 10 heteroatoms. The SMILES string of the molecule is Cn1cnc(N)c1S(=O)(=O)NCCS(C)(=O)=O. The normalized spacial score (nSPS) is 12.8. The molecular weight excluding hydrogens is 268 g/mol. The van der Waals surface area contributed by atoms with Crippen LogP contribution in [0.4, 0.5) is 5.82 Å². The van der Waals surface area contributed by atoms with Crippen molar-refractivity contribution in [2.24, 2.45) is 7.05 Å². The third kappa shape index (κ3) is 3.68. The first-order valence-electron chi connectivity index (χ1n) is 4.57. The quantitative estimate of drug-likeness (QED) is 0.665. The number of nitrogen functional groups attached to an aromatic ring is 1. The highest BCUT2D eigenvalue weighted by molar-refractivity contribution is 7.91. The summed E-state index contributed by atoms with van der Waals surface area (Å²) in [6.07, 6.45) is 2.29. The van der Waals surface area contributed by atoms with Crippen LogP contribution in [0.15, 0.2) is 11.4 Å². The maximum atomic E-state index is 11.8. The Morgan fingerprint density at radius 2 is 2.00 bits per heavy atom. The number of hydrogen-bond acceptors (Lipinski definition) is 6. The molecule has 1 heterocycles. The highest BCUT2D eigenvalue weighted by atomic mass is 32.2. The Balaban J connectivity index is 2.84. The van der Waals surface area contributed by atoms with Gasteiger partial charge in [-0.25, -0.2) is 26.5 Å². The highest BCUT2D eigenvalue weighted by Gasteiger charge is 2.22. The largest absolute Gasteiger partial charge is 0.381 e. The molecule has 0 bridgehead atoms. The van der Waals surface area contributed by atoms with Crippen LogP contribution in [0.2, 0.25) is 0 Å². The van der Waals surface area contributed by atoms with Gasteiger partial charge in [0.15, 0.2) is 10.8 Å². The van der Waals surface area contributed by atoms with E-state index in [0.717, 1.165) is 6.26 Å². The molecule has 0 aliphatic heterocycles. The molecule has 0 saturated carbocycles.